The smallest absolute Gasteiger partial charge is 0.125 e. The SMILES string of the molecule is NC(=NCC1CCCCO1)c1ccccc1. The van der Waals surface area contributed by atoms with Crippen LogP contribution in [0, 0.1) is 0 Å². The van der Waals surface area contributed by atoms with Gasteiger partial charge in [-0.2, -0.15) is 0 Å². The number of ether oxygens (including phenoxy) is 1. The van der Waals surface area contributed by atoms with Crippen molar-refractivity contribution in [1.29, 1.82) is 0 Å². The normalized spacial score (nSPS) is 22.0. The van der Waals surface area contributed by atoms with E-state index in [0.717, 1.165) is 18.6 Å². The molecule has 0 spiro atoms. The molecule has 1 aromatic rings. The van der Waals surface area contributed by atoms with Crippen molar-refractivity contribution in [3.63, 3.8) is 0 Å². The minimum Gasteiger partial charge on any atom is -0.384 e. The molecule has 0 aromatic heterocycles. The molecule has 1 saturated heterocycles. The summed E-state index contributed by atoms with van der Waals surface area (Å²) in [7, 11) is 0. The second-order valence-electron chi connectivity index (χ2n) is 4.08. The van der Waals surface area contributed by atoms with Gasteiger partial charge in [-0.25, -0.2) is 0 Å². The fourth-order valence-corrected chi connectivity index (χ4v) is 1.85. The molecule has 3 nitrogen and oxygen atoms in total. The van der Waals surface area contributed by atoms with Crippen LogP contribution in [0.3, 0.4) is 0 Å². The number of hydrogen-bond acceptors (Lipinski definition) is 2. The van der Waals surface area contributed by atoms with Crippen molar-refractivity contribution in [1.82, 2.24) is 0 Å². The number of nitrogens with zero attached hydrogens (tertiary/aromatic N) is 1. The molecule has 1 aromatic carbocycles. The Hall–Kier alpha value is -1.35. The molecule has 1 aliphatic rings. The van der Waals surface area contributed by atoms with E-state index >= 15 is 0 Å². The fraction of sp³-hybridized carbons (Fsp3) is 0.462. The van der Waals surface area contributed by atoms with Crippen molar-refractivity contribution >= 4 is 5.84 Å². The van der Waals surface area contributed by atoms with Crippen LogP contribution in [-0.4, -0.2) is 25.1 Å². The maximum absolute atomic E-state index is 5.91. The van der Waals surface area contributed by atoms with Crippen molar-refractivity contribution in [2.45, 2.75) is 25.4 Å². The summed E-state index contributed by atoms with van der Waals surface area (Å²) in [6.07, 6.45) is 3.78. The molecule has 0 aliphatic carbocycles. The lowest BCUT2D eigenvalue weighted by Gasteiger charge is -2.20. The number of nitrogens with two attached hydrogens (primary N) is 1. The van der Waals surface area contributed by atoms with Crippen molar-refractivity contribution in [3.8, 4) is 0 Å². The predicted octanol–water partition coefficient (Wildman–Crippen LogP) is 1.96. The molecule has 1 atom stereocenters. The summed E-state index contributed by atoms with van der Waals surface area (Å²) >= 11 is 0. The number of amidine groups is 1. The van der Waals surface area contributed by atoms with Crippen molar-refractivity contribution < 1.29 is 4.74 Å². The molecule has 86 valence electrons. The van der Waals surface area contributed by atoms with Gasteiger partial charge in [0.2, 0.25) is 0 Å². The van der Waals surface area contributed by atoms with Gasteiger partial charge in [-0.15, -0.1) is 0 Å². The van der Waals surface area contributed by atoms with Crippen LogP contribution in [0.15, 0.2) is 35.3 Å². The van der Waals surface area contributed by atoms with Crippen LogP contribution in [0.4, 0.5) is 0 Å². The second-order valence-corrected chi connectivity index (χ2v) is 4.08. The first-order chi connectivity index (χ1) is 7.86. The van der Waals surface area contributed by atoms with Crippen LogP contribution in [-0.2, 0) is 4.74 Å². The van der Waals surface area contributed by atoms with E-state index in [1.54, 1.807) is 0 Å². The molecule has 0 amide bonds. The van der Waals surface area contributed by atoms with Crippen LogP contribution in [0.5, 0.6) is 0 Å². The average molecular weight is 218 g/mol. The molecule has 16 heavy (non-hydrogen) atoms. The van der Waals surface area contributed by atoms with Crippen molar-refractivity contribution in [2.24, 2.45) is 10.7 Å². The summed E-state index contributed by atoms with van der Waals surface area (Å²) in [5, 5.41) is 0. The Labute approximate surface area is 96.3 Å². The van der Waals surface area contributed by atoms with Crippen LogP contribution < -0.4 is 5.73 Å². The molecular weight excluding hydrogens is 200 g/mol. The molecule has 2 rings (SSSR count). The van der Waals surface area contributed by atoms with Gasteiger partial charge in [0.05, 0.1) is 12.6 Å². The predicted molar refractivity (Wildman–Crippen MR) is 65.6 cm³/mol. The van der Waals surface area contributed by atoms with Gasteiger partial charge in [0.1, 0.15) is 5.84 Å². The second kappa shape index (κ2) is 5.66. The molecule has 0 bridgehead atoms. The quantitative estimate of drug-likeness (QED) is 0.622. The lowest BCUT2D eigenvalue weighted by Crippen LogP contribution is -2.24. The maximum Gasteiger partial charge on any atom is 0.125 e. The Morgan fingerprint density at radius 3 is 2.81 bits per heavy atom. The third kappa shape index (κ3) is 3.07. The fourth-order valence-electron chi connectivity index (χ4n) is 1.85. The van der Waals surface area contributed by atoms with Crippen LogP contribution in [0.1, 0.15) is 24.8 Å². The number of aliphatic imine (C=N–C) groups is 1. The Balaban J connectivity index is 1.91. The van der Waals surface area contributed by atoms with E-state index in [0.29, 0.717) is 12.4 Å². The lowest BCUT2D eigenvalue weighted by atomic mass is 10.1. The van der Waals surface area contributed by atoms with Gasteiger partial charge in [-0.3, -0.25) is 4.99 Å². The molecular formula is C13H18N2O. The van der Waals surface area contributed by atoms with Crippen LogP contribution >= 0.6 is 0 Å². The van der Waals surface area contributed by atoms with E-state index in [1.165, 1.54) is 12.8 Å². The Morgan fingerprint density at radius 2 is 2.12 bits per heavy atom. The van der Waals surface area contributed by atoms with Gasteiger partial charge in [-0.05, 0) is 19.3 Å². The highest BCUT2D eigenvalue weighted by molar-refractivity contribution is 5.97. The Morgan fingerprint density at radius 1 is 1.31 bits per heavy atom. The number of hydrogen-bond donors (Lipinski definition) is 1. The highest BCUT2D eigenvalue weighted by Gasteiger charge is 2.12. The maximum atomic E-state index is 5.91. The summed E-state index contributed by atoms with van der Waals surface area (Å²) in [4.78, 5) is 4.39. The van der Waals surface area contributed by atoms with Crippen LogP contribution in [0.25, 0.3) is 0 Å². The molecule has 0 radical (unpaired) electrons. The van der Waals surface area contributed by atoms with E-state index in [-0.39, 0.29) is 6.10 Å². The first-order valence-corrected chi connectivity index (χ1v) is 5.83. The van der Waals surface area contributed by atoms with Gasteiger partial charge in [-0.1, -0.05) is 30.3 Å². The molecule has 3 heteroatoms. The molecule has 2 N–H and O–H groups in total. The number of rotatable bonds is 3. The van der Waals surface area contributed by atoms with Crippen LogP contribution in [0.2, 0.25) is 0 Å². The highest BCUT2D eigenvalue weighted by Crippen LogP contribution is 2.12. The summed E-state index contributed by atoms with van der Waals surface area (Å²) in [6.45, 7) is 1.55. The Bertz CT molecular complexity index is 342. The lowest BCUT2D eigenvalue weighted by molar-refractivity contribution is 0.0225. The van der Waals surface area contributed by atoms with Gasteiger partial charge >= 0.3 is 0 Å². The van der Waals surface area contributed by atoms with E-state index in [2.05, 4.69) is 4.99 Å². The standard InChI is InChI=1S/C13H18N2O/c14-13(11-6-2-1-3-7-11)15-10-12-8-4-5-9-16-12/h1-3,6-7,12H,4-5,8-10H2,(H2,14,15). The zero-order valence-corrected chi connectivity index (χ0v) is 9.43. The van der Waals surface area contributed by atoms with E-state index in [1.807, 2.05) is 30.3 Å². The van der Waals surface area contributed by atoms with Gasteiger partial charge in [0.15, 0.2) is 0 Å². The summed E-state index contributed by atoms with van der Waals surface area (Å²) < 4.78 is 5.60. The largest absolute Gasteiger partial charge is 0.384 e. The Kier molecular flexibility index (Phi) is 3.94. The first kappa shape index (κ1) is 11.1. The van der Waals surface area contributed by atoms with Gasteiger partial charge < -0.3 is 10.5 Å². The zero-order chi connectivity index (χ0) is 11.2. The van der Waals surface area contributed by atoms with Gasteiger partial charge in [0, 0.05) is 12.2 Å². The average Bonchev–Trinajstić information content (AvgIpc) is 2.38. The molecule has 0 saturated carbocycles. The minimum atomic E-state index is 0.260. The first-order valence-electron chi connectivity index (χ1n) is 5.83. The summed E-state index contributed by atoms with van der Waals surface area (Å²) in [5.74, 6) is 0.606. The van der Waals surface area contributed by atoms with Crippen molar-refractivity contribution in [3.05, 3.63) is 35.9 Å². The minimum absolute atomic E-state index is 0.260. The number of benzene rings is 1. The molecule has 1 unspecified atom stereocenters. The highest BCUT2D eigenvalue weighted by atomic mass is 16.5. The monoisotopic (exact) mass is 218 g/mol. The van der Waals surface area contributed by atoms with E-state index in [4.69, 9.17) is 10.5 Å². The molecule has 1 heterocycles. The summed E-state index contributed by atoms with van der Waals surface area (Å²) in [5.41, 5.74) is 6.89. The van der Waals surface area contributed by atoms with E-state index < -0.39 is 0 Å². The van der Waals surface area contributed by atoms with Gasteiger partial charge in [0.25, 0.3) is 0 Å². The third-order valence-corrected chi connectivity index (χ3v) is 2.81. The van der Waals surface area contributed by atoms with Crippen molar-refractivity contribution in [2.75, 3.05) is 13.2 Å². The zero-order valence-electron chi connectivity index (χ0n) is 9.43. The molecule has 1 aliphatic heterocycles. The summed E-state index contributed by atoms with van der Waals surface area (Å²) in [6, 6.07) is 9.85. The topological polar surface area (TPSA) is 47.6 Å². The molecule has 1 fully saturated rings. The van der Waals surface area contributed by atoms with E-state index in [9.17, 15) is 0 Å². The third-order valence-electron chi connectivity index (χ3n) is 2.81.